The maximum absolute atomic E-state index is 5.38. The van der Waals surface area contributed by atoms with Gasteiger partial charge >= 0.3 is 0 Å². The minimum absolute atomic E-state index is 0.229. The van der Waals surface area contributed by atoms with E-state index in [9.17, 15) is 0 Å². The monoisotopic (exact) mass is 223 g/mol. The summed E-state index contributed by atoms with van der Waals surface area (Å²) in [6, 6.07) is 0. The molecule has 4 nitrogen and oxygen atoms in total. The van der Waals surface area contributed by atoms with E-state index < -0.39 is 0 Å². The van der Waals surface area contributed by atoms with Crippen molar-refractivity contribution in [3.8, 4) is 0 Å². The van der Waals surface area contributed by atoms with Crippen LogP contribution in [0.1, 0.15) is 32.3 Å². The zero-order chi connectivity index (χ0) is 11.4. The van der Waals surface area contributed by atoms with E-state index in [4.69, 9.17) is 4.74 Å². The van der Waals surface area contributed by atoms with Crippen LogP contribution in [0.25, 0.3) is 0 Å². The molecular formula is C12H21N3O. The third-order valence-corrected chi connectivity index (χ3v) is 3.33. The van der Waals surface area contributed by atoms with Gasteiger partial charge in [0.05, 0.1) is 6.20 Å². The predicted molar refractivity (Wildman–Crippen MR) is 63.2 cm³/mol. The highest BCUT2D eigenvalue weighted by Gasteiger charge is 2.26. The Bertz CT molecular complexity index is 329. The number of hydrogen-bond acceptors (Lipinski definition) is 3. The van der Waals surface area contributed by atoms with Gasteiger partial charge < -0.3 is 10.1 Å². The van der Waals surface area contributed by atoms with Crippen LogP contribution in [0.2, 0.25) is 0 Å². The zero-order valence-electron chi connectivity index (χ0n) is 10.2. The Morgan fingerprint density at radius 3 is 2.88 bits per heavy atom. The summed E-state index contributed by atoms with van der Waals surface area (Å²) in [6.07, 6.45) is 6.23. The van der Waals surface area contributed by atoms with Crippen LogP contribution in [-0.2, 0) is 17.8 Å². The average Bonchev–Trinajstić information content (AvgIpc) is 2.75. The summed E-state index contributed by atoms with van der Waals surface area (Å²) in [4.78, 5) is 0. The van der Waals surface area contributed by atoms with Crippen molar-refractivity contribution in [2.45, 2.75) is 45.3 Å². The van der Waals surface area contributed by atoms with Gasteiger partial charge in [0.1, 0.15) is 0 Å². The molecule has 1 N–H and O–H groups in total. The first-order valence-corrected chi connectivity index (χ1v) is 6.06. The summed E-state index contributed by atoms with van der Waals surface area (Å²) in [7, 11) is 0. The SMILES string of the molecule is CCn1cc(CNC2(C)CCOCC2)cn1. The molecule has 0 unspecified atom stereocenters. The maximum atomic E-state index is 5.38. The number of hydrogen-bond donors (Lipinski definition) is 1. The standard InChI is InChI=1S/C12H21N3O/c1-3-15-10-11(9-14-15)8-13-12(2)4-6-16-7-5-12/h9-10,13H,3-8H2,1-2H3. The number of nitrogens with zero attached hydrogens (tertiary/aromatic N) is 2. The molecule has 0 aromatic carbocycles. The highest BCUT2D eigenvalue weighted by atomic mass is 16.5. The molecule has 4 heteroatoms. The second-order valence-electron chi connectivity index (χ2n) is 4.73. The van der Waals surface area contributed by atoms with Gasteiger partial charge in [-0.05, 0) is 26.7 Å². The fourth-order valence-electron chi connectivity index (χ4n) is 1.98. The molecule has 0 atom stereocenters. The maximum Gasteiger partial charge on any atom is 0.0534 e. The smallest absolute Gasteiger partial charge is 0.0534 e. The number of nitrogens with one attached hydrogen (secondary N) is 1. The van der Waals surface area contributed by atoms with Gasteiger partial charge in [0, 0.05) is 43.6 Å². The molecule has 1 aromatic rings. The summed E-state index contributed by atoms with van der Waals surface area (Å²) >= 11 is 0. The Kier molecular flexibility index (Phi) is 3.61. The molecule has 2 heterocycles. The lowest BCUT2D eigenvalue weighted by Gasteiger charge is -2.34. The van der Waals surface area contributed by atoms with E-state index in [1.165, 1.54) is 5.56 Å². The first kappa shape index (κ1) is 11.6. The van der Waals surface area contributed by atoms with E-state index in [-0.39, 0.29) is 5.54 Å². The van der Waals surface area contributed by atoms with Crippen LogP contribution in [0.3, 0.4) is 0 Å². The van der Waals surface area contributed by atoms with Crippen molar-refractivity contribution in [1.82, 2.24) is 15.1 Å². The molecule has 0 aliphatic carbocycles. The third-order valence-electron chi connectivity index (χ3n) is 3.33. The van der Waals surface area contributed by atoms with Crippen LogP contribution >= 0.6 is 0 Å². The van der Waals surface area contributed by atoms with E-state index in [1.807, 2.05) is 10.9 Å². The molecule has 1 fully saturated rings. The minimum atomic E-state index is 0.229. The largest absolute Gasteiger partial charge is 0.381 e. The molecule has 2 rings (SSSR count). The quantitative estimate of drug-likeness (QED) is 0.842. The van der Waals surface area contributed by atoms with Gasteiger partial charge in [0.15, 0.2) is 0 Å². The van der Waals surface area contributed by atoms with Crippen LogP contribution in [0.5, 0.6) is 0 Å². The predicted octanol–water partition coefficient (Wildman–Crippen LogP) is 1.56. The number of aryl methyl sites for hydroxylation is 1. The van der Waals surface area contributed by atoms with Crippen molar-refractivity contribution < 1.29 is 4.74 Å². The second kappa shape index (κ2) is 4.97. The summed E-state index contributed by atoms with van der Waals surface area (Å²) in [5.74, 6) is 0. The normalized spacial score (nSPS) is 19.9. The Hall–Kier alpha value is -0.870. The van der Waals surface area contributed by atoms with Gasteiger partial charge in [-0.3, -0.25) is 4.68 Å². The van der Waals surface area contributed by atoms with Crippen molar-refractivity contribution in [3.05, 3.63) is 18.0 Å². The van der Waals surface area contributed by atoms with Crippen molar-refractivity contribution in [2.24, 2.45) is 0 Å². The van der Waals surface area contributed by atoms with E-state index >= 15 is 0 Å². The Labute approximate surface area is 97.0 Å². The van der Waals surface area contributed by atoms with E-state index in [1.54, 1.807) is 0 Å². The molecular weight excluding hydrogens is 202 g/mol. The van der Waals surface area contributed by atoms with Gasteiger partial charge in [0.2, 0.25) is 0 Å². The summed E-state index contributed by atoms with van der Waals surface area (Å²) in [6.45, 7) is 7.96. The van der Waals surface area contributed by atoms with Crippen LogP contribution in [0, 0.1) is 0 Å². The molecule has 0 bridgehead atoms. The van der Waals surface area contributed by atoms with Crippen LogP contribution in [0.15, 0.2) is 12.4 Å². The lowest BCUT2D eigenvalue weighted by Crippen LogP contribution is -2.46. The summed E-state index contributed by atoms with van der Waals surface area (Å²) < 4.78 is 7.34. The van der Waals surface area contributed by atoms with Crippen molar-refractivity contribution in [3.63, 3.8) is 0 Å². The topological polar surface area (TPSA) is 39.1 Å². The van der Waals surface area contributed by atoms with E-state index in [0.29, 0.717) is 0 Å². The molecule has 16 heavy (non-hydrogen) atoms. The molecule has 1 aliphatic heterocycles. The fourth-order valence-corrected chi connectivity index (χ4v) is 1.98. The van der Waals surface area contributed by atoms with Crippen molar-refractivity contribution >= 4 is 0 Å². The highest BCUT2D eigenvalue weighted by molar-refractivity contribution is 5.04. The van der Waals surface area contributed by atoms with Crippen molar-refractivity contribution in [1.29, 1.82) is 0 Å². The van der Waals surface area contributed by atoms with Crippen molar-refractivity contribution in [2.75, 3.05) is 13.2 Å². The molecule has 0 saturated carbocycles. The van der Waals surface area contributed by atoms with Gasteiger partial charge in [-0.15, -0.1) is 0 Å². The molecule has 0 spiro atoms. The number of aromatic nitrogens is 2. The average molecular weight is 223 g/mol. The summed E-state index contributed by atoms with van der Waals surface area (Å²) in [5.41, 5.74) is 1.49. The van der Waals surface area contributed by atoms with E-state index in [0.717, 1.165) is 39.1 Å². The number of rotatable bonds is 4. The minimum Gasteiger partial charge on any atom is -0.381 e. The summed E-state index contributed by atoms with van der Waals surface area (Å²) in [5, 5.41) is 7.89. The second-order valence-corrected chi connectivity index (χ2v) is 4.73. The van der Waals surface area contributed by atoms with Crippen LogP contribution in [-0.4, -0.2) is 28.5 Å². The molecule has 1 aliphatic rings. The first-order valence-electron chi connectivity index (χ1n) is 6.06. The molecule has 90 valence electrons. The Balaban J connectivity index is 1.86. The molecule has 1 saturated heterocycles. The lowest BCUT2D eigenvalue weighted by molar-refractivity contribution is 0.0446. The Morgan fingerprint density at radius 2 is 2.25 bits per heavy atom. The molecule has 0 radical (unpaired) electrons. The van der Waals surface area contributed by atoms with Crippen LogP contribution < -0.4 is 5.32 Å². The zero-order valence-corrected chi connectivity index (χ0v) is 10.2. The molecule has 1 aromatic heterocycles. The number of ether oxygens (including phenoxy) is 1. The Morgan fingerprint density at radius 1 is 1.50 bits per heavy atom. The first-order chi connectivity index (χ1) is 7.72. The van der Waals surface area contributed by atoms with Gasteiger partial charge in [-0.1, -0.05) is 0 Å². The van der Waals surface area contributed by atoms with Gasteiger partial charge in [0.25, 0.3) is 0 Å². The molecule has 0 amide bonds. The van der Waals surface area contributed by atoms with E-state index in [2.05, 4.69) is 30.5 Å². The lowest BCUT2D eigenvalue weighted by atomic mass is 9.92. The third kappa shape index (κ3) is 2.83. The highest BCUT2D eigenvalue weighted by Crippen LogP contribution is 2.20. The fraction of sp³-hybridized carbons (Fsp3) is 0.750. The van der Waals surface area contributed by atoms with Crippen LogP contribution in [0.4, 0.5) is 0 Å². The van der Waals surface area contributed by atoms with Gasteiger partial charge in [-0.2, -0.15) is 5.10 Å². The van der Waals surface area contributed by atoms with Gasteiger partial charge in [-0.25, -0.2) is 0 Å².